The van der Waals surface area contributed by atoms with Gasteiger partial charge in [0.1, 0.15) is 0 Å². The standard InChI is InChI=1S/C24H26Cl2N2O2/c1-27(2)11-5-6-15-12-16(18-7-3-4-8-20(18)26)13-22-23(15)24(29)19-14-17(25)9-10-21(19)28(22)30/h3-4,7-10,14-16,30H,5-6,11-13H2,1-2H3. The summed E-state index contributed by atoms with van der Waals surface area (Å²) in [5.74, 6) is 0.211. The SMILES string of the molecule is CN(C)CCCC1CC(c2ccccc2Cl)Cc2c1c(=O)c1cc(Cl)ccc1n2O. The average molecular weight is 445 g/mol. The number of hydrogen-bond acceptors (Lipinski definition) is 3. The van der Waals surface area contributed by atoms with Crippen molar-refractivity contribution in [3.8, 4) is 0 Å². The Morgan fingerprint density at radius 2 is 1.93 bits per heavy atom. The van der Waals surface area contributed by atoms with Crippen LogP contribution in [-0.4, -0.2) is 35.5 Å². The summed E-state index contributed by atoms with van der Waals surface area (Å²) in [6.45, 7) is 0.954. The number of benzene rings is 2. The summed E-state index contributed by atoms with van der Waals surface area (Å²) in [6, 6.07) is 12.9. The zero-order chi connectivity index (χ0) is 21.4. The molecule has 158 valence electrons. The van der Waals surface area contributed by atoms with Crippen LogP contribution in [0.5, 0.6) is 0 Å². The van der Waals surface area contributed by atoms with E-state index in [0.29, 0.717) is 28.0 Å². The lowest BCUT2D eigenvalue weighted by Crippen LogP contribution is -2.29. The molecule has 30 heavy (non-hydrogen) atoms. The fourth-order valence-electron chi connectivity index (χ4n) is 4.77. The highest BCUT2D eigenvalue weighted by molar-refractivity contribution is 6.31. The average Bonchev–Trinajstić information content (AvgIpc) is 2.71. The second-order valence-electron chi connectivity index (χ2n) is 8.46. The molecule has 0 amide bonds. The Morgan fingerprint density at radius 3 is 2.67 bits per heavy atom. The first-order valence-electron chi connectivity index (χ1n) is 10.3. The summed E-state index contributed by atoms with van der Waals surface area (Å²) in [5.41, 5.74) is 2.98. The van der Waals surface area contributed by atoms with Gasteiger partial charge in [0.2, 0.25) is 0 Å². The van der Waals surface area contributed by atoms with Crippen molar-refractivity contribution in [3.63, 3.8) is 0 Å². The van der Waals surface area contributed by atoms with Crippen molar-refractivity contribution >= 4 is 34.1 Å². The molecule has 0 saturated carbocycles. The van der Waals surface area contributed by atoms with Crippen molar-refractivity contribution in [2.45, 2.75) is 37.5 Å². The molecule has 0 fully saturated rings. The van der Waals surface area contributed by atoms with Gasteiger partial charge in [-0.3, -0.25) is 4.79 Å². The van der Waals surface area contributed by atoms with E-state index in [1.54, 1.807) is 18.2 Å². The van der Waals surface area contributed by atoms with Gasteiger partial charge < -0.3 is 10.1 Å². The molecular weight excluding hydrogens is 419 g/mol. The maximum Gasteiger partial charge on any atom is 0.193 e. The van der Waals surface area contributed by atoms with Gasteiger partial charge in [0.05, 0.1) is 16.6 Å². The minimum Gasteiger partial charge on any atom is -0.428 e. The smallest absolute Gasteiger partial charge is 0.193 e. The largest absolute Gasteiger partial charge is 0.428 e. The first-order valence-corrected chi connectivity index (χ1v) is 11.1. The molecule has 2 aromatic carbocycles. The molecule has 1 aliphatic rings. The van der Waals surface area contributed by atoms with Crippen molar-refractivity contribution in [1.82, 2.24) is 9.63 Å². The molecular formula is C24H26Cl2N2O2. The van der Waals surface area contributed by atoms with Crippen LogP contribution >= 0.6 is 23.2 Å². The van der Waals surface area contributed by atoms with Crippen molar-refractivity contribution < 1.29 is 5.21 Å². The van der Waals surface area contributed by atoms with E-state index in [2.05, 4.69) is 25.1 Å². The lowest BCUT2D eigenvalue weighted by Gasteiger charge is -2.33. The highest BCUT2D eigenvalue weighted by atomic mass is 35.5. The fourth-order valence-corrected chi connectivity index (χ4v) is 5.23. The van der Waals surface area contributed by atoms with Crippen LogP contribution < -0.4 is 5.43 Å². The lowest BCUT2D eigenvalue weighted by atomic mass is 9.74. The Labute approximate surface area is 186 Å². The van der Waals surface area contributed by atoms with Crippen LogP contribution in [0.1, 0.15) is 47.9 Å². The van der Waals surface area contributed by atoms with Crippen molar-refractivity contribution in [2.24, 2.45) is 0 Å². The van der Waals surface area contributed by atoms with Crippen LogP contribution in [0.3, 0.4) is 0 Å². The zero-order valence-electron chi connectivity index (χ0n) is 17.2. The molecule has 4 rings (SSSR count). The summed E-state index contributed by atoms with van der Waals surface area (Å²) < 4.78 is 1.20. The molecule has 2 atom stereocenters. The summed E-state index contributed by atoms with van der Waals surface area (Å²) in [6.07, 6.45) is 3.28. The number of rotatable bonds is 5. The Hall–Kier alpha value is -2.01. The Morgan fingerprint density at radius 1 is 1.17 bits per heavy atom. The first-order chi connectivity index (χ1) is 14.4. The Kier molecular flexibility index (Phi) is 6.10. The normalized spacial score (nSPS) is 18.7. The number of fused-ring (bicyclic) bond motifs is 2. The van der Waals surface area contributed by atoms with E-state index in [-0.39, 0.29) is 17.3 Å². The van der Waals surface area contributed by atoms with Crippen molar-refractivity contribution in [2.75, 3.05) is 20.6 Å². The molecule has 2 unspecified atom stereocenters. The molecule has 0 saturated heterocycles. The Bertz CT molecular complexity index is 1140. The molecule has 1 aromatic heterocycles. The zero-order valence-corrected chi connectivity index (χ0v) is 18.7. The molecule has 4 nitrogen and oxygen atoms in total. The third-order valence-corrected chi connectivity index (χ3v) is 6.74. The molecule has 0 radical (unpaired) electrons. The maximum atomic E-state index is 13.5. The summed E-state index contributed by atoms with van der Waals surface area (Å²) in [4.78, 5) is 15.6. The minimum absolute atomic E-state index is 0.0136. The fraction of sp³-hybridized carbons (Fsp3) is 0.375. The monoisotopic (exact) mass is 444 g/mol. The molecule has 0 bridgehead atoms. The van der Waals surface area contributed by atoms with Crippen LogP contribution in [0.2, 0.25) is 10.0 Å². The predicted molar refractivity (Wildman–Crippen MR) is 123 cm³/mol. The van der Waals surface area contributed by atoms with Gasteiger partial charge in [0.15, 0.2) is 5.43 Å². The maximum absolute atomic E-state index is 13.5. The van der Waals surface area contributed by atoms with Gasteiger partial charge in [-0.2, -0.15) is 4.73 Å². The molecule has 6 heteroatoms. The van der Waals surface area contributed by atoms with Gasteiger partial charge in [-0.1, -0.05) is 41.4 Å². The van der Waals surface area contributed by atoms with Crippen LogP contribution in [0.4, 0.5) is 0 Å². The van der Waals surface area contributed by atoms with Gasteiger partial charge in [0.25, 0.3) is 0 Å². The van der Waals surface area contributed by atoms with Crippen molar-refractivity contribution in [1.29, 1.82) is 0 Å². The summed E-state index contributed by atoms with van der Waals surface area (Å²) >= 11 is 12.7. The molecule has 0 spiro atoms. The van der Waals surface area contributed by atoms with Gasteiger partial charge >= 0.3 is 0 Å². The Balaban J connectivity index is 1.85. The highest BCUT2D eigenvalue weighted by Crippen LogP contribution is 2.43. The van der Waals surface area contributed by atoms with E-state index in [1.807, 2.05) is 18.2 Å². The molecule has 1 heterocycles. The van der Waals surface area contributed by atoms with Gasteiger partial charge in [0, 0.05) is 15.6 Å². The van der Waals surface area contributed by atoms with Crippen molar-refractivity contribution in [3.05, 3.63) is 79.6 Å². The summed E-state index contributed by atoms with van der Waals surface area (Å²) in [7, 11) is 4.11. The van der Waals surface area contributed by atoms with E-state index < -0.39 is 0 Å². The van der Waals surface area contributed by atoms with Gasteiger partial charge in [-0.25, -0.2) is 0 Å². The quantitative estimate of drug-likeness (QED) is 0.513. The first kappa shape index (κ1) is 21.2. The molecule has 1 aliphatic carbocycles. The highest BCUT2D eigenvalue weighted by Gasteiger charge is 2.33. The van der Waals surface area contributed by atoms with Crippen LogP contribution in [0.25, 0.3) is 10.9 Å². The molecule has 3 aromatic rings. The number of nitrogens with zero attached hydrogens (tertiary/aromatic N) is 2. The number of halogens is 2. The summed E-state index contributed by atoms with van der Waals surface area (Å²) in [5, 5.41) is 12.8. The molecule has 1 N–H and O–H groups in total. The van der Waals surface area contributed by atoms with E-state index in [4.69, 9.17) is 23.2 Å². The van der Waals surface area contributed by atoms with Crippen LogP contribution in [0.15, 0.2) is 47.3 Å². The number of hydrogen-bond donors (Lipinski definition) is 1. The number of aromatic nitrogens is 1. The van der Waals surface area contributed by atoms with Crippen LogP contribution in [-0.2, 0) is 6.42 Å². The van der Waals surface area contributed by atoms with E-state index >= 15 is 0 Å². The second-order valence-corrected chi connectivity index (χ2v) is 9.31. The second kappa shape index (κ2) is 8.62. The molecule has 0 aliphatic heterocycles. The van der Waals surface area contributed by atoms with E-state index in [1.165, 1.54) is 4.73 Å². The van der Waals surface area contributed by atoms with Gasteiger partial charge in [-0.05, 0) is 88.0 Å². The topological polar surface area (TPSA) is 45.5 Å². The van der Waals surface area contributed by atoms with Crippen LogP contribution in [0, 0.1) is 0 Å². The predicted octanol–water partition coefficient (Wildman–Crippen LogP) is 5.70. The van der Waals surface area contributed by atoms with E-state index in [0.717, 1.165) is 42.0 Å². The van der Waals surface area contributed by atoms with E-state index in [9.17, 15) is 10.0 Å². The lowest BCUT2D eigenvalue weighted by molar-refractivity contribution is 0.181. The third-order valence-electron chi connectivity index (χ3n) is 6.16. The third kappa shape index (κ3) is 3.96. The minimum atomic E-state index is -0.0136. The number of pyridine rings is 1. The van der Waals surface area contributed by atoms with Gasteiger partial charge in [-0.15, -0.1) is 0 Å².